The molecule has 0 radical (unpaired) electrons. The molecule has 1 aromatic carbocycles. The Morgan fingerprint density at radius 1 is 1.41 bits per heavy atom. The van der Waals surface area contributed by atoms with E-state index in [1.807, 2.05) is 31.5 Å². The Morgan fingerprint density at radius 3 is 3.00 bits per heavy atom. The molecule has 168 valence electrons. The number of amides is 1. The third-order valence-corrected chi connectivity index (χ3v) is 7.33. The smallest absolute Gasteiger partial charge is 0.335 e. The van der Waals surface area contributed by atoms with Crippen molar-refractivity contribution in [3.63, 3.8) is 0 Å². The SMILES string of the molecule is Cn1cc(C[C@H]2COCCN2c2nc3c(s2)C(=O)NC(C)(C)C3)c2cc(C(=O)O)ccc21. The van der Waals surface area contributed by atoms with Crippen LogP contribution < -0.4 is 10.2 Å². The number of benzene rings is 1. The first-order valence-electron chi connectivity index (χ1n) is 10.7. The van der Waals surface area contributed by atoms with Crippen LogP contribution in [0, 0.1) is 0 Å². The number of aromatic carboxylic acids is 1. The number of thiazole rings is 1. The number of carboxylic acid groups (broad SMARTS) is 1. The molecule has 2 N–H and O–H groups in total. The molecule has 1 atom stereocenters. The number of carboxylic acids is 1. The normalized spacial score (nSPS) is 20.3. The summed E-state index contributed by atoms with van der Waals surface area (Å²) < 4.78 is 7.82. The minimum Gasteiger partial charge on any atom is -0.478 e. The highest BCUT2D eigenvalue weighted by Crippen LogP contribution is 2.34. The van der Waals surface area contributed by atoms with Gasteiger partial charge in [0.05, 0.1) is 30.5 Å². The van der Waals surface area contributed by atoms with E-state index in [1.54, 1.807) is 12.1 Å². The number of carbonyl (C=O) groups is 2. The van der Waals surface area contributed by atoms with E-state index in [9.17, 15) is 14.7 Å². The van der Waals surface area contributed by atoms with Gasteiger partial charge in [0, 0.05) is 42.7 Å². The number of ether oxygens (including phenoxy) is 1. The van der Waals surface area contributed by atoms with Gasteiger partial charge in [-0.1, -0.05) is 11.3 Å². The first-order chi connectivity index (χ1) is 15.2. The zero-order valence-electron chi connectivity index (χ0n) is 18.3. The van der Waals surface area contributed by atoms with Crippen molar-refractivity contribution in [3.8, 4) is 0 Å². The lowest BCUT2D eigenvalue weighted by Gasteiger charge is -2.35. The lowest BCUT2D eigenvalue weighted by molar-refractivity contribution is 0.0696. The molecular formula is C23H26N4O4S. The minimum atomic E-state index is -0.932. The summed E-state index contributed by atoms with van der Waals surface area (Å²) in [6.45, 7) is 5.88. The Morgan fingerprint density at radius 2 is 2.22 bits per heavy atom. The van der Waals surface area contributed by atoms with E-state index in [4.69, 9.17) is 9.72 Å². The van der Waals surface area contributed by atoms with Crippen molar-refractivity contribution in [2.45, 2.75) is 38.3 Å². The molecule has 1 fully saturated rings. The number of anilines is 1. The van der Waals surface area contributed by atoms with Crippen molar-refractivity contribution in [1.82, 2.24) is 14.9 Å². The van der Waals surface area contributed by atoms with Gasteiger partial charge in [-0.3, -0.25) is 4.79 Å². The van der Waals surface area contributed by atoms with Gasteiger partial charge in [0.2, 0.25) is 0 Å². The van der Waals surface area contributed by atoms with Crippen LogP contribution in [0.3, 0.4) is 0 Å². The van der Waals surface area contributed by atoms with Crippen molar-refractivity contribution in [2.24, 2.45) is 7.05 Å². The average Bonchev–Trinajstić information content (AvgIpc) is 3.29. The molecule has 0 unspecified atom stereocenters. The van der Waals surface area contributed by atoms with E-state index >= 15 is 0 Å². The standard InChI is InChI=1S/C23H26N4O4S/c1-23(2)10-17-19(20(28)25-23)32-22(24-17)27-6-7-31-12-15(27)8-14-11-26(3)18-5-4-13(21(29)30)9-16(14)18/h4-5,9,11,15H,6-8,10,12H2,1-3H3,(H,25,28)(H,29,30)/t15-/m0/s1. The maximum Gasteiger partial charge on any atom is 0.335 e. The number of aromatic nitrogens is 2. The highest BCUT2D eigenvalue weighted by Gasteiger charge is 2.35. The first kappa shape index (κ1) is 21.0. The summed E-state index contributed by atoms with van der Waals surface area (Å²) >= 11 is 1.44. The Hall–Kier alpha value is -2.91. The van der Waals surface area contributed by atoms with Crippen LogP contribution in [0.5, 0.6) is 0 Å². The monoisotopic (exact) mass is 454 g/mol. The van der Waals surface area contributed by atoms with Crippen LogP contribution in [0.4, 0.5) is 5.13 Å². The van der Waals surface area contributed by atoms with Crippen molar-refractivity contribution in [2.75, 3.05) is 24.7 Å². The highest BCUT2D eigenvalue weighted by molar-refractivity contribution is 7.17. The van der Waals surface area contributed by atoms with Gasteiger partial charge in [-0.2, -0.15) is 0 Å². The van der Waals surface area contributed by atoms with Gasteiger partial charge in [-0.05, 0) is 44.0 Å². The number of hydrogen-bond donors (Lipinski definition) is 2. The van der Waals surface area contributed by atoms with E-state index in [-0.39, 0.29) is 23.1 Å². The molecule has 2 aliphatic rings. The van der Waals surface area contributed by atoms with Crippen LogP contribution in [-0.2, 0) is 24.6 Å². The van der Waals surface area contributed by atoms with Crippen LogP contribution in [0.15, 0.2) is 24.4 Å². The molecule has 0 spiro atoms. The number of nitrogens with zero attached hydrogens (tertiary/aromatic N) is 3. The van der Waals surface area contributed by atoms with Crippen LogP contribution in [0.2, 0.25) is 0 Å². The second-order valence-corrected chi connectivity index (χ2v) is 10.2. The second kappa shape index (κ2) is 7.60. The van der Waals surface area contributed by atoms with Gasteiger partial charge >= 0.3 is 5.97 Å². The number of aryl methyl sites for hydroxylation is 1. The van der Waals surface area contributed by atoms with Gasteiger partial charge in [0.25, 0.3) is 5.91 Å². The topological polar surface area (TPSA) is 96.7 Å². The Bertz CT molecular complexity index is 1230. The summed E-state index contributed by atoms with van der Waals surface area (Å²) in [6.07, 6.45) is 3.47. The number of carbonyl (C=O) groups excluding carboxylic acids is 1. The predicted molar refractivity (Wildman–Crippen MR) is 123 cm³/mol. The molecule has 5 rings (SSSR count). The molecule has 4 heterocycles. The summed E-state index contributed by atoms with van der Waals surface area (Å²) in [4.78, 5) is 31.9. The van der Waals surface area contributed by atoms with Gasteiger partial charge < -0.3 is 24.6 Å². The number of fused-ring (bicyclic) bond motifs is 2. The zero-order chi connectivity index (χ0) is 22.6. The van der Waals surface area contributed by atoms with E-state index in [0.29, 0.717) is 37.5 Å². The number of hydrogen-bond acceptors (Lipinski definition) is 6. The second-order valence-electron chi connectivity index (χ2n) is 9.22. The molecule has 0 aliphatic carbocycles. The summed E-state index contributed by atoms with van der Waals surface area (Å²) in [7, 11) is 1.97. The fourth-order valence-corrected chi connectivity index (χ4v) is 5.76. The van der Waals surface area contributed by atoms with Crippen molar-refractivity contribution in [3.05, 3.63) is 46.1 Å². The lowest BCUT2D eigenvalue weighted by Crippen LogP contribution is -2.48. The first-order valence-corrected chi connectivity index (χ1v) is 11.5. The molecule has 0 bridgehead atoms. The molecule has 9 heteroatoms. The fourth-order valence-electron chi connectivity index (χ4n) is 4.69. The number of morpholine rings is 1. The summed E-state index contributed by atoms with van der Waals surface area (Å²) in [5, 5.41) is 14.3. The molecule has 32 heavy (non-hydrogen) atoms. The third kappa shape index (κ3) is 3.65. The Kier molecular flexibility index (Phi) is 4.98. The quantitative estimate of drug-likeness (QED) is 0.629. The lowest BCUT2D eigenvalue weighted by atomic mass is 9.94. The van der Waals surface area contributed by atoms with E-state index in [2.05, 4.69) is 16.4 Å². The molecule has 2 aromatic heterocycles. The van der Waals surface area contributed by atoms with Crippen molar-refractivity contribution < 1.29 is 19.4 Å². The van der Waals surface area contributed by atoms with Crippen molar-refractivity contribution in [1.29, 1.82) is 0 Å². The van der Waals surface area contributed by atoms with Gasteiger partial charge in [-0.25, -0.2) is 9.78 Å². The van der Waals surface area contributed by atoms with Gasteiger partial charge in [0.15, 0.2) is 5.13 Å². The predicted octanol–water partition coefficient (Wildman–Crippen LogP) is 2.85. The Labute approximate surface area is 189 Å². The third-order valence-electron chi connectivity index (χ3n) is 6.20. The van der Waals surface area contributed by atoms with E-state index in [0.717, 1.165) is 27.3 Å². The summed E-state index contributed by atoms with van der Waals surface area (Å²) in [5.41, 5.74) is 2.91. The molecular weight excluding hydrogens is 428 g/mol. The fraction of sp³-hybridized carbons (Fsp3) is 0.435. The van der Waals surface area contributed by atoms with Crippen LogP contribution in [0.1, 0.15) is 45.1 Å². The molecule has 1 saturated heterocycles. The van der Waals surface area contributed by atoms with Gasteiger partial charge in [-0.15, -0.1) is 0 Å². The molecule has 0 saturated carbocycles. The van der Waals surface area contributed by atoms with Crippen molar-refractivity contribution >= 4 is 39.2 Å². The summed E-state index contributed by atoms with van der Waals surface area (Å²) in [5.74, 6) is -0.987. The molecule has 1 amide bonds. The van der Waals surface area contributed by atoms with Crippen LogP contribution >= 0.6 is 11.3 Å². The van der Waals surface area contributed by atoms with E-state index in [1.165, 1.54) is 11.3 Å². The summed E-state index contributed by atoms with van der Waals surface area (Å²) in [6, 6.07) is 5.28. The number of rotatable bonds is 4. The van der Waals surface area contributed by atoms with E-state index < -0.39 is 5.97 Å². The Balaban J connectivity index is 1.47. The molecule has 2 aliphatic heterocycles. The number of nitrogens with one attached hydrogen (secondary N) is 1. The molecule has 3 aromatic rings. The maximum atomic E-state index is 12.6. The maximum absolute atomic E-state index is 12.6. The molecule has 8 nitrogen and oxygen atoms in total. The zero-order valence-corrected chi connectivity index (χ0v) is 19.2. The largest absolute Gasteiger partial charge is 0.478 e. The highest BCUT2D eigenvalue weighted by atomic mass is 32.1. The van der Waals surface area contributed by atoms with Crippen LogP contribution in [0.25, 0.3) is 10.9 Å². The minimum absolute atomic E-state index is 0.0477. The average molecular weight is 455 g/mol. The van der Waals surface area contributed by atoms with Gasteiger partial charge in [0.1, 0.15) is 4.88 Å². The van der Waals surface area contributed by atoms with Crippen LogP contribution in [-0.4, -0.2) is 57.9 Å².